The maximum absolute atomic E-state index is 13.1. The Bertz CT molecular complexity index is 2410. The van der Waals surface area contributed by atoms with Crippen molar-refractivity contribution in [1.82, 2.24) is 25.0 Å². The van der Waals surface area contributed by atoms with Crippen LogP contribution in [0.4, 0.5) is 17.1 Å². The first-order valence-electron chi connectivity index (χ1n) is 20.6. The molecule has 4 amide bonds. The van der Waals surface area contributed by atoms with Crippen LogP contribution >= 0.6 is 23.2 Å². The topological polar surface area (TPSA) is 197 Å². The van der Waals surface area contributed by atoms with Gasteiger partial charge in [-0.3, -0.25) is 34.4 Å². The van der Waals surface area contributed by atoms with E-state index in [1.807, 2.05) is 11.0 Å². The number of nitrogens with zero attached hydrogens (tertiary/aromatic N) is 5. The number of piperazine rings is 1. The monoisotopic (exact) mass is 902 g/mol. The molecule has 0 radical (unpaired) electrons. The minimum atomic E-state index is -0.669. The van der Waals surface area contributed by atoms with Crippen molar-refractivity contribution in [1.29, 1.82) is 5.26 Å². The van der Waals surface area contributed by atoms with E-state index >= 15 is 0 Å². The van der Waals surface area contributed by atoms with Crippen LogP contribution in [0.1, 0.15) is 40.7 Å². The molecule has 4 heterocycles. The molecule has 1 atom stereocenters. The van der Waals surface area contributed by atoms with Crippen molar-refractivity contribution < 1.29 is 42.9 Å². The van der Waals surface area contributed by atoms with Gasteiger partial charge in [0.1, 0.15) is 24.5 Å². The number of pyridine rings is 1. The van der Waals surface area contributed by atoms with Crippen molar-refractivity contribution in [2.24, 2.45) is 0 Å². The first-order valence-corrected chi connectivity index (χ1v) is 21.3. The number of hydrogen-bond donors (Lipinski definition) is 3. The highest BCUT2D eigenvalue weighted by Crippen LogP contribution is 2.40. The van der Waals surface area contributed by atoms with E-state index in [1.54, 1.807) is 43.5 Å². The van der Waals surface area contributed by atoms with Gasteiger partial charge in [-0.2, -0.15) is 5.26 Å². The van der Waals surface area contributed by atoms with E-state index < -0.39 is 11.9 Å². The quantitative estimate of drug-likeness (QED) is 0.0841. The summed E-state index contributed by atoms with van der Waals surface area (Å²) in [5, 5.41) is 20.1. The first-order chi connectivity index (χ1) is 30.6. The lowest BCUT2D eigenvalue weighted by Crippen LogP contribution is -2.52. The van der Waals surface area contributed by atoms with Crippen molar-refractivity contribution in [3.05, 3.63) is 75.4 Å². The van der Waals surface area contributed by atoms with Gasteiger partial charge in [-0.15, -0.1) is 0 Å². The zero-order valence-electron chi connectivity index (χ0n) is 35.0. The summed E-state index contributed by atoms with van der Waals surface area (Å²) in [6.07, 6.45) is 2.74. The smallest absolute Gasteiger partial charge is 0.255 e. The van der Waals surface area contributed by atoms with Crippen LogP contribution in [0.3, 0.4) is 0 Å². The molecular formula is C44H48Cl2N8O9. The van der Waals surface area contributed by atoms with Gasteiger partial charge in [0.05, 0.1) is 73.1 Å². The average Bonchev–Trinajstić information content (AvgIpc) is 3.62. The molecule has 0 saturated carbocycles. The van der Waals surface area contributed by atoms with Crippen LogP contribution in [-0.4, -0.2) is 136 Å². The van der Waals surface area contributed by atoms with Gasteiger partial charge in [-0.05, 0) is 37.1 Å². The molecule has 1 aromatic heterocycles. The molecule has 19 heteroatoms. The number of ether oxygens (including phenoxy) is 5. The first kappa shape index (κ1) is 45.1. The second kappa shape index (κ2) is 21.0. The van der Waals surface area contributed by atoms with Crippen molar-refractivity contribution in [2.45, 2.75) is 31.8 Å². The van der Waals surface area contributed by atoms with E-state index in [2.05, 4.69) is 31.9 Å². The summed E-state index contributed by atoms with van der Waals surface area (Å²) in [5.74, 6) is 0.381. The highest BCUT2D eigenvalue weighted by atomic mass is 35.5. The largest absolute Gasteiger partial charge is 0.495 e. The van der Waals surface area contributed by atoms with Gasteiger partial charge in [0.15, 0.2) is 11.5 Å². The fourth-order valence-electron chi connectivity index (χ4n) is 7.78. The van der Waals surface area contributed by atoms with Crippen LogP contribution in [0.25, 0.3) is 10.9 Å². The molecule has 332 valence electrons. The van der Waals surface area contributed by atoms with E-state index in [0.717, 1.165) is 37.3 Å². The molecule has 3 N–H and O–H groups in total. The molecule has 0 aliphatic carbocycles. The van der Waals surface area contributed by atoms with Gasteiger partial charge in [0.2, 0.25) is 17.7 Å². The predicted molar refractivity (Wildman–Crippen MR) is 235 cm³/mol. The summed E-state index contributed by atoms with van der Waals surface area (Å²) in [5.41, 5.74) is 4.04. The second-order valence-electron chi connectivity index (χ2n) is 15.0. The Hall–Kier alpha value is -5.90. The van der Waals surface area contributed by atoms with E-state index in [4.69, 9.17) is 46.9 Å². The maximum Gasteiger partial charge on any atom is 0.255 e. The van der Waals surface area contributed by atoms with Crippen LogP contribution < -0.4 is 30.2 Å². The molecule has 2 saturated heterocycles. The maximum atomic E-state index is 13.1. The third kappa shape index (κ3) is 10.7. The van der Waals surface area contributed by atoms with E-state index in [1.165, 1.54) is 18.2 Å². The summed E-state index contributed by atoms with van der Waals surface area (Å²) >= 11 is 12.7. The Kier molecular flexibility index (Phi) is 15.0. The molecule has 7 rings (SSSR count). The summed E-state index contributed by atoms with van der Waals surface area (Å²) in [6, 6.07) is 13.7. The van der Waals surface area contributed by atoms with Gasteiger partial charge in [-0.25, -0.2) is 0 Å². The van der Waals surface area contributed by atoms with Crippen molar-refractivity contribution in [2.75, 3.05) is 97.2 Å². The lowest BCUT2D eigenvalue weighted by molar-refractivity contribution is -0.138. The van der Waals surface area contributed by atoms with E-state index in [0.29, 0.717) is 107 Å². The number of nitriles is 1. The van der Waals surface area contributed by atoms with Crippen LogP contribution in [0.2, 0.25) is 10.0 Å². The minimum Gasteiger partial charge on any atom is -0.495 e. The Morgan fingerprint density at radius 3 is 2.49 bits per heavy atom. The zero-order chi connectivity index (χ0) is 44.5. The summed E-state index contributed by atoms with van der Waals surface area (Å²) in [7, 11) is 3.06. The molecule has 1 unspecified atom stereocenters. The van der Waals surface area contributed by atoms with Crippen LogP contribution in [0.5, 0.6) is 17.2 Å². The van der Waals surface area contributed by atoms with Crippen LogP contribution in [0, 0.1) is 11.3 Å². The number of imide groups is 1. The third-order valence-electron chi connectivity index (χ3n) is 11.1. The molecular weight excluding hydrogens is 855 g/mol. The lowest BCUT2D eigenvalue weighted by atomic mass is 10.0. The zero-order valence-corrected chi connectivity index (χ0v) is 36.5. The SMILES string of the molecule is COc1cc(Nc2c(C#N)cnc3cc(OCCCN4CCN(C(=O)COCCOCCNc5cccc6c5CN(C5CCC(=O)NC5=O)C6=O)CC4)c(OC)cc23)c(Cl)cc1Cl. The van der Waals surface area contributed by atoms with Gasteiger partial charge in [-0.1, -0.05) is 29.3 Å². The molecule has 3 aromatic carbocycles. The second-order valence-corrected chi connectivity index (χ2v) is 15.8. The molecule has 0 spiro atoms. The van der Waals surface area contributed by atoms with Crippen molar-refractivity contribution in [3.8, 4) is 23.3 Å². The molecule has 63 heavy (non-hydrogen) atoms. The third-order valence-corrected chi connectivity index (χ3v) is 11.7. The fraction of sp³-hybridized carbons (Fsp3) is 0.409. The van der Waals surface area contributed by atoms with Crippen molar-refractivity contribution >= 4 is 74.8 Å². The van der Waals surface area contributed by atoms with E-state index in [9.17, 15) is 24.4 Å². The standard InChI is InChI=1S/C44H48Cl2N8O9/c1-59-37-22-35(31(45)20-32(37)46)50-42-27(23-47)24-49-34-21-39(38(60-2)19-29(34)42)63-15-4-10-52-11-13-53(14-12-52)41(56)26-62-18-17-61-16-9-48-33-6-3-5-28-30(33)25-54(44(28)58)36-7-8-40(55)51-43(36)57/h3,5-6,19-22,24,36,48H,4,7-18,25-26H2,1-2H3,(H,49,50)(H,51,55,57). The number of rotatable bonds is 19. The van der Waals surface area contributed by atoms with Crippen LogP contribution in [-0.2, 0) is 30.4 Å². The number of hydrogen-bond acceptors (Lipinski definition) is 14. The van der Waals surface area contributed by atoms with Gasteiger partial charge in [0.25, 0.3) is 5.91 Å². The summed E-state index contributed by atoms with van der Waals surface area (Å²) in [4.78, 5) is 60.0. The van der Waals surface area contributed by atoms with E-state index in [-0.39, 0.29) is 43.9 Å². The predicted octanol–water partition coefficient (Wildman–Crippen LogP) is 4.99. The minimum absolute atomic E-state index is 0.0231. The van der Waals surface area contributed by atoms with Crippen LogP contribution in [0.15, 0.2) is 48.7 Å². The number of nitrogens with one attached hydrogen (secondary N) is 3. The summed E-state index contributed by atoms with van der Waals surface area (Å²) < 4.78 is 28.5. The Morgan fingerprint density at radius 2 is 1.73 bits per heavy atom. The number of piperidine rings is 1. The molecule has 2 fully saturated rings. The Balaban J connectivity index is 0.783. The number of halogens is 2. The summed E-state index contributed by atoms with van der Waals surface area (Å²) in [6.45, 7) is 5.60. The fourth-order valence-corrected chi connectivity index (χ4v) is 8.29. The number of amides is 4. The van der Waals surface area contributed by atoms with Crippen molar-refractivity contribution in [3.63, 3.8) is 0 Å². The number of anilines is 3. The molecule has 3 aliphatic rings. The normalized spacial score (nSPS) is 16.4. The Morgan fingerprint density at radius 1 is 0.937 bits per heavy atom. The number of carbonyl (C=O) groups is 4. The highest BCUT2D eigenvalue weighted by molar-refractivity contribution is 6.37. The van der Waals surface area contributed by atoms with Gasteiger partial charge in [0, 0.05) is 92.8 Å². The van der Waals surface area contributed by atoms with Gasteiger partial charge >= 0.3 is 0 Å². The molecule has 4 aromatic rings. The number of fused-ring (bicyclic) bond motifs is 2. The number of benzene rings is 3. The molecule has 17 nitrogen and oxygen atoms in total. The van der Waals surface area contributed by atoms with Gasteiger partial charge < -0.3 is 44.1 Å². The molecule has 3 aliphatic heterocycles. The molecule has 0 bridgehead atoms. The number of methoxy groups -OCH3 is 2. The number of aromatic nitrogens is 1. The average molecular weight is 904 g/mol. The number of carbonyl (C=O) groups excluding carboxylic acids is 4. The highest BCUT2D eigenvalue weighted by Gasteiger charge is 2.40. The Labute approximate surface area is 374 Å². The lowest BCUT2D eigenvalue weighted by Gasteiger charge is -2.34.